The van der Waals surface area contributed by atoms with Crippen LogP contribution >= 0.6 is 0 Å². The van der Waals surface area contributed by atoms with Gasteiger partial charge in [-0.15, -0.1) is 10.8 Å². The molecule has 0 saturated heterocycles. The van der Waals surface area contributed by atoms with Crippen molar-refractivity contribution in [1.29, 1.82) is 0 Å². The molecule has 4 aliphatic rings. The summed E-state index contributed by atoms with van der Waals surface area (Å²) in [6.45, 7) is 8.02. The van der Waals surface area contributed by atoms with Crippen LogP contribution in [0.3, 0.4) is 0 Å². The number of carbonyl (C=O) groups excluding carboxylic acids is 8. The number of alkyl carbamates (subject to hydrolysis) is 2. The first-order chi connectivity index (χ1) is 35.3. The smallest absolute Gasteiger partial charge is 0.486 e. The quantitative estimate of drug-likeness (QED) is 0.0290. The van der Waals surface area contributed by atoms with E-state index in [9.17, 15) is 38.4 Å². The number of carbonyl (C=O) groups is 8. The van der Waals surface area contributed by atoms with Crippen LogP contribution in [0.15, 0.2) is 97.1 Å². The van der Waals surface area contributed by atoms with Crippen molar-refractivity contribution in [2.45, 2.75) is 65.5 Å². The largest absolute Gasteiger partial charge is 2.00 e. The van der Waals surface area contributed by atoms with Gasteiger partial charge >= 0.3 is 32.6 Å². The second-order valence-electron chi connectivity index (χ2n) is 19.7. The Morgan fingerprint density at radius 2 is 0.787 bits per heavy atom. The number of hydrogen-bond acceptors (Lipinski definition) is 14. The molecule has 398 valence electrons. The third-order valence-corrected chi connectivity index (χ3v) is 15.1. The molecular formula is C56H60N4O14Pd. The van der Waals surface area contributed by atoms with Crippen LogP contribution in [0, 0.1) is 33.5 Å². The normalized spacial score (nSPS) is 19.6. The number of ether oxygens (including phenoxy) is 6. The minimum absolute atomic E-state index is 0. The zero-order valence-corrected chi connectivity index (χ0v) is 44.4. The Balaban J connectivity index is 0.00000820. The molecule has 0 aromatic heterocycles. The Kier molecular flexibility index (Phi) is 16.1. The zero-order valence-electron chi connectivity index (χ0n) is 42.8. The van der Waals surface area contributed by atoms with E-state index in [1.807, 2.05) is 97.1 Å². The molecule has 0 bridgehead atoms. The van der Waals surface area contributed by atoms with Crippen LogP contribution in [-0.2, 0) is 77.6 Å². The number of rotatable bonds is 19. The molecule has 18 nitrogen and oxygen atoms in total. The van der Waals surface area contributed by atoms with Crippen molar-refractivity contribution in [3.05, 3.63) is 131 Å². The molecule has 4 aliphatic carbocycles. The van der Waals surface area contributed by atoms with Crippen molar-refractivity contribution in [3.8, 4) is 22.3 Å². The number of benzene rings is 4. The monoisotopic (exact) mass is 1120 g/mol. The molecule has 2 fully saturated rings. The number of methoxy groups -OCH3 is 2. The van der Waals surface area contributed by atoms with Crippen molar-refractivity contribution in [3.63, 3.8) is 0 Å². The van der Waals surface area contributed by atoms with Crippen LogP contribution in [0.4, 0.5) is 9.59 Å². The van der Waals surface area contributed by atoms with E-state index >= 15 is 0 Å². The van der Waals surface area contributed by atoms with E-state index in [1.165, 1.54) is 41.5 Å². The van der Waals surface area contributed by atoms with Crippen LogP contribution in [0.1, 0.15) is 75.6 Å². The summed E-state index contributed by atoms with van der Waals surface area (Å²) in [4.78, 5) is 108. The Morgan fingerprint density at radius 1 is 0.493 bits per heavy atom. The van der Waals surface area contributed by atoms with Gasteiger partial charge in [0, 0.05) is 11.8 Å². The summed E-state index contributed by atoms with van der Waals surface area (Å²) in [7, 11) is 2.17. The SMILES string of the molecule is COC(=O)[C@]1([C@@]2(C(=O)OC)[C-](C(=O)OCCNC(=O)[C@H](C)NC(=O)OCC3c4ccccc4-c4ccccc43)C2(C)C)[C-](C(=O)OCCNC(=O)[C@H](C)NC(=O)OCC2c3ccccc3-c3ccccc32)C1(C)C.[Pd+2]. The Morgan fingerprint density at radius 3 is 1.08 bits per heavy atom. The summed E-state index contributed by atoms with van der Waals surface area (Å²) in [5.74, 6) is -5.85. The summed E-state index contributed by atoms with van der Waals surface area (Å²) in [6.07, 6.45) is -1.59. The molecular weight excluding hydrogens is 1060 g/mol. The molecule has 19 heteroatoms. The van der Waals surface area contributed by atoms with Gasteiger partial charge in [0.05, 0.1) is 27.3 Å². The van der Waals surface area contributed by atoms with Crippen LogP contribution < -0.4 is 21.3 Å². The maximum atomic E-state index is 14.1. The topological polar surface area (TPSA) is 240 Å². The average Bonchev–Trinajstić information content (AvgIpc) is 3.95. The van der Waals surface area contributed by atoms with Gasteiger partial charge in [-0.3, -0.25) is 40.6 Å². The van der Waals surface area contributed by atoms with Crippen LogP contribution in [-0.4, -0.2) is 114 Å². The molecule has 75 heavy (non-hydrogen) atoms. The summed E-state index contributed by atoms with van der Waals surface area (Å²) >= 11 is 0. The summed E-state index contributed by atoms with van der Waals surface area (Å²) in [6, 6.07) is 29.5. The number of hydrogen-bond donors (Lipinski definition) is 4. The van der Waals surface area contributed by atoms with E-state index in [-0.39, 0.29) is 83.6 Å². The first kappa shape index (κ1) is 55.4. The van der Waals surface area contributed by atoms with E-state index in [2.05, 4.69) is 21.3 Å². The van der Waals surface area contributed by atoms with Gasteiger partial charge in [-0.05, 0) is 58.4 Å². The van der Waals surface area contributed by atoms with Gasteiger partial charge < -0.3 is 49.7 Å². The van der Waals surface area contributed by atoms with E-state index < -0.39 is 81.6 Å². The van der Waals surface area contributed by atoms with Crippen molar-refractivity contribution >= 4 is 47.9 Å². The second-order valence-corrected chi connectivity index (χ2v) is 19.7. The fourth-order valence-corrected chi connectivity index (χ4v) is 11.6. The molecule has 0 spiro atoms. The van der Waals surface area contributed by atoms with Crippen molar-refractivity contribution in [1.82, 2.24) is 21.3 Å². The first-order valence-corrected chi connectivity index (χ1v) is 24.4. The predicted octanol–water partition coefficient (Wildman–Crippen LogP) is 5.70. The second kappa shape index (κ2) is 21.8. The molecule has 4 aromatic carbocycles. The van der Waals surface area contributed by atoms with E-state index in [1.54, 1.807) is 0 Å². The fraction of sp³-hybridized carbons (Fsp3) is 0.393. The molecule has 2 saturated carbocycles. The van der Waals surface area contributed by atoms with E-state index in [4.69, 9.17) is 28.4 Å². The maximum absolute atomic E-state index is 14.1. The van der Waals surface area contributed by atoms with Gasteiger partial charge in [0.2, 0.25) is 11.8 Å². The zero-order chi connectivity index (χ0) is 53.3. The Labute approximate surface area is 448 Å². The average molecular weight is 1120 g/mol. The molecule has 4 N–H and O–H groups in total. The van der Waals surface area contributed by atoms with Crippen LogP contribution in [0.2, 0.25) is 0 Å². The third-order valence-electron chi connectivity index (χ3n) is 15.1. The van der Waals surface area contributed by atoms with Crippen molar-refractivity contribution < 1.29 is 87.2 Å². The van der Waals surface area contributed by atoms with E-state index in [0.717, 1.165) is 58.7 Å². The molecule has 4 amide bonds. The Bertz CT molecular complexity index is 2620. The molecule has 0 heterocycles. The van der Waals surface area contributed by atoms with Crippen LogP contribution in [0.5, 0.6) is 0 Å². The number of nitrogens with one attached hydrogen (secondary N) is 4. The van der Waals surface area contributed by atoms with Crippen molar-refractivity contribution in [2.75, 3.05) is 53.7 Å². The maximum Gasteiger partial charge on any atom is 2.00 e. The summed E-state index contributed by atoms with van der Waals surface area (Å²) in [5, 5.41) is 10.2. The predicted molar refractivity (Wildman–Crippen MR) is 266 cm³/mol. The molecule has 0 aliphatic heterocycles. The van der Waals surface area contributed by atoms with Gasteiger partial charge in [0.15, 0.2) is 11.9 Å². The summed E-state index contributed by atoms with van der Waals surface area (Å²) in [5.41, 5.74) is 1.39. The molecule has 4 aromatic rings. The molecule has 0 radical (unpaired) electrons. The third kappa shape index (κ3) is 9.45. The van der Waals surface area contributed by atoms with Crippen molar-refractivity contribution in [2.24, 2.45) is 21.7 Å². The Hall–Kier alpha value is -7.36. The fourth-order valence-electron chi connectivity index (χ4n) is 11.6. The van der Waals surface area contributed by atoms with Gasteiger partial charge in [0.25, 0.3) is 11.9 Å². The molecule has 0 unspecified atom stereocenters. The van der Waals surface area contributed by atoms with Gasteiger partial charge in [0.1, 0.15) is 38.5 Å². The minimum Gasteiger partial charge on any atom is -0.486 e. The first-order valence-electron chi connectivity index (χ1n) is 24.4. The molecule has 4 atom stereocenters. The van der Waals surface area contributed by atoms with E-state index in [0.29, 0.717) is 0 Å². The minimum atomic E-state index is -2.09. The van der Waals surface area contributed by atoms with Gasteiger partial charge in [-0.25, -0.2) is 9.59 Å². The molecule has 8 rings (SSSR count). The number of fused-ring (bicyclic) bond motifs is 6. The van der Waals surface area contributed by atoms with Crippen LogP contribution in [0.25, 0.3) is 22.3 Å². The van der Waals surface area contributed by atoms with Gasteiger partial charge in [-0.1, -0.05) is 136 Å². The van der Waals surface area contributed by atoms with Gasteiger partial charge in [-0.2, -0.15) is 0 Å². The summed E-state index contributed by atoms with van der Waals surface area (Å²) < 4.78 is 32.7. The number of esters is 4. The standard InChI is InChI=1S/C56H60N4O14.Pd/c1-31(59-51(67)73-29-41-37-21-13-9-17-33(37)34-18-10-14-22-38(34)41)45(61)57-25-27-71-47(63)43-53(3,4)55(43,49(65)69-7)56(50(66)70-8)44(54(56,5)6)48(64)72-28-26-58-46(62)32(2)60-52(68)74-30-42-39-23-15-11-19-35(39)36-20-12-16-24-40(36)42;/h9-24,31-32,41-42H,25-30H2,1-8H3,(H,57,61)(H,58,62)(H,59,67)(H,60,68);/q-2;+2/t31-,32-,55+,56+;/m0./s1. The number of amides is 4.